The number of nitrogens with zero attached hydrogens (tertiary/aromatic N) is 3. The summed E-state index contributed by atoms with van der Waals surface area (Å²) in [6, 6.07) is 5.98. The number of rotatable bonds is 1. The van der Waals surface area contributed by atoms with Crippen molar-refractivity contribution in [2.24, 2.45) is 0 Å². The number of hydrogen-bond donors (Lipinski definition) is 0. The minimum atomic E-state index is 0.606. The fourth-order valence-electron chi connectivity index (χ4n) is 2.70. The van der Waals surface area contributed by atoms with Gasteiger partial charge in [0.15, 0.2) is 17.3 Å². The maximum Gasteiger partial charge on any atom is 0.164 e. The Bertz CT molecular complexity index is 621. The Balaban J connectivity index is 1.78. The number of aryl methyl sites for hydroxylation is 1. The molecule has 0 bridgehead atoms. The van der Waals surface area contributed by atoms with E-state index in [0.29, 0.717) is 13.2 Å². The lowest BCUT2D eigenvalue weighted by Gasteiger charge is -2.19. The van der Waals surface area contributed by atoms with Gasteiger partial charge in [-0.1, -0.05) is 0 Å². The lowest BCUT2D eigenvalue weighted by atomic mass is 10.1. The molecule has 3 heterocycles. The molecule has 0 aliphatic carbocycles. The summed E-state index contributed by atoms with van der Waals surface area (Å²) in [5.41, 5.74) is 1.05. The highest BCUT2D eigenvalue weighted by Crippen LogP contribution is 2.34. The van der Waals surface area contributed by atoms with Gasteiger partial charge in [-0.25, -0.2) is 0 Å². The third kappa shape index (κ3) is 1.77. The Morgan fingerprint density at radius 2 is 1.89 bits per heavy atom. The Kier molecular flexibility index (Phi) is 2.43. The summed E-state index contributed by atoms with van der Waals surface area (Å²) in [6.45, 7) is 2.23. The molecule has 0 radical (unpaired) electrons. The first kappa shape index (κ1) is 10.8. The van der Waals surface area contributed by atoms with Crippen LogP contribution in [0, 0.1) is 0 Å². The first-order valence-corrected chi connectivity index (χ1v) is 6.74. The average molecular weight is 257 g/mol. The van der Waals surface area contributed by atoms with Gasteiger partial charge in [-0.05, 0) is 31.0 Å². The van der Waals surface area contributed by atoms with E-state index in [1.165, 1.54) is 12.8 Å². The molecular weight excluding hydrogens is 242 g/mol. The summed E-state index contributed by atoms with van der Waals surface area (Å²) >= 11 is 0. The second-order valence-corrected chi connectivity index (χ2v) is 4.91. The molecule has 0 unspecified atom stereocenters. The van der Waals surface area contributed by atoms with Gasteiger partial charge < -0.3 is 14.0 Å². The maximum absolute atomic E-state index is 5.62. The SMILES string of the molecule is c1cc2c(cc1-c1nnc3n1CCCC3)OCCO2. The van der Waals surface area contributed by atoms with Crippen molar-refractivity contribution < 1.29 is 9.47 Å². The van der Waals surface area contributed by atoms with Crippen LogP contribution in [0.3, 0.4) is 0 Å². The highest BCUT2D eigenvalue weighted by atomic mass is 16.6. The van der Waals surface area contributed by atoms with Crippen molar-refractivity contribution in [1.82, 2.24) is 14.8 Å². The third-order valence-corrected chi connectivity index (χ3v) is 3.66. The standard InChI is InChI=1S/C14H15N3O2/c1-2-6-17-13(3-1)15-16-14(17)10-4-5-11-12(9-10)19-8-7-18-11/h4-5,9H,1-3,6-8H2. The summed E-state index contributed by atoms with van der Waals surface area (Å²) < 4.78 is 13.4. The van der Waals surface area contributed by atoms with Crippen LogP contribution in [0.2, 0.25) is 0 Å². The molecule has 98 valence electrons. The monoisotopic (exact) mass is 257 g/mol. The minimum absolute atomic E-state index is 0.606. The predicted molar refractivity (Wildman–Crippen MR) is 69.4 cm³/mol. The van der Waals surface area contributed by atoms with Crippen LogP contribution in [0.25, 0.3) is 11.4 Å². The normalized spacial score (nSPS) is 17.1. The van der Waals surface area contributed by atoms with Gasteiger partial charge >= 0.3 is 0 Å². The van der Waals surface area contributed by atoms with Crippen molar-refractivity contribution in [2.75, 3.05) is 13.2 Å². The molecule has 2 aromatic rings. The van der Waals surface area contributed by atoms with Gasteiger partial charge in [-0.15, -0.1) is 10.2 Å². The van der Waals surface area contributed by atoms with E-state index in [4.69, 9.17) is 9.47 Å². The number of ether oxygens (including phenoxy) is 2. The van der Waals surface area contributed by atoms with Crippen molar-refractivity contribution in [3.63, 3.8) is 0 Å². The van der Waals surface area contributed by atoms with Crippen molar-refractivity contribution in [3.8, 4) is 22.9 Å². The Labute approximate surface area is 111 Å². The number of fused-ring (bicyclic) bond motifs is 2. The number of hydrogen-bond acceptors (Lipinski definition) is 4. The van der Waals surface area contributed by atoms with Gasteiger partial charge in [0.2, 0.25) is 0 Å². The van der Waals surface area contributed by atoms with E-state index in [0.717, 1.165) is 41.7 Å². The molecule has 0 saturated carbocycles. The lowest BCUT2D eigenvalue weighted by molar-refractivity contribution is 0.171. The van der Waals surface area contributed by atoms with Crippen LogP contribution in [0.15, 0.2) is 18.2 Å². The summed E-state index contributed by atoms with van der Waals surface area (Å²) in [6.07, 6.45) is 3.43. The molecule has 0 fully saturated rings. The summed E-state index contributed by atoms with van der Waals surface area (Å²) in [7, 11) is 0. The highest BCUT2D eigenvalue weighted by Gasteiger charge is 2.19. The zero-order valence-electron chi connectivity index (χ0n) is 10.6. The van der Waals surface area contributed by atoms with Crippen LogP contribution in [0.1, 0.15) is 18.7 Å². The molecule has 2 aliphatic rings. The molecule has 5 nitrogen and oxygen atoms in total. The van der Waals surface area contributed by atoms with Crippen molar-refractivity contribution in [3.05, 3.63) is 24.0 Å². The van der Waals surface area contributed by atoms with E-state index in [9.17, 15) is 0 Å². The Morgan fingerprint density at radius 1 is 1.00 bits per heavy atom. The highest BCUT2D eigenvalue weighted by molar-refractivity contribution is 5.61. The minimum Gasteiger partial charge on any atom is -0.486 e. The fraction of sp³-hybridized carbons (Fsp3) is 0.429. The summed E-state index contributed by atoms with van der Waals surface area (Å²) in [4.78, 5) is 0. The molecule has 2 aliphatic heterocycles. The average Bonchev–Trinajstić information content (AvgIpc) is 2.91. The molecule has 0 atom stereocenters. The Hall–Kier alpha value is -2.04. The second-order valence-electron chi connectivity index (χ2n) is 4.91. The van der Waals surface area contributed by atoms with E-state index in [1.807, 2.05) is 18.2 Å². The van der Waals surface area contributed by atoms with Gasteiger partial charge in [0.1, 0.15) is 19.0 Å². The molecular formula is C14H15N3O2. The molecule has 0 N–H and O–H groups in total. The maximum atomic E-state index is 5.62. The van der Waals surface area contributed by atoms with Crippen LogP contribution >= 0.6 is 0 Å². The molecule has 1 aromatic carbocycles. The van der Waals surface area contributed by atoms with E-state index in [1.54, 1.807) is 0 Å². The first-order chi connectivity index (χ1) is 9.42. The zero-order chi connectivity index (χ0) is 12.7. The smallest absolute Gasteiger partial charge is 0.164 e. The second kappa shape index (κ2) is 4.26. The molecule has 0 saturated heterocycles. The van der Waals surface area contributed by atoms with Crippen molar-refractivity contribution >= 4 is 0 Å². The van der Waals surface area contributed by atoms with Gasteiger partial charge in [-0.3, -0.25) is 0 Å². The van der Waals surface area contributed by atoms with Gasteiger partial charge in [0.25, 0.3) is 0 Å². The summed E-state index contributed by atoms with van der Waals surface area (Å²) in [5, 5.41) is 8.62. The number of benzene rings is 1. The van der Waals surface area contributed by atoms with Gasteiger partial charge in [0.05, 0.1) is 0 Å². The lowest BCUT2D eigenvalue weighted by Crippen LogP contribution is -2.15. The topological polar surface area (TPSA) is 49.2 Å². The zero-order valence-corrected chi connectivity index (χ0v) is 10.6. The predicted octanol–water partition coefficient (Wildman–Crippen LogP) is 2.05. The number of aromatic nitrogens is 3. The van der Waals surface area contributed by atoms with Crippen LogP contribution in [-0.2, 0) is 13.0 Å². The molecule has 19 heavy (non-hydrogen) atoms. The fourth-order valence-corrected chi connectivity index (χ4v) is 2.70. The van der Waals surface area contributed by atoms with Crippen LogP contribution < -0.4 is 9.47 Å². The molecule has 4 rings (SSSR count). The summed E-state index contributed by atoms with van der Waals surface area (Å²) in [5.74, 6) is 3.65. The van der Waals surface area contributed by atoms with Crippen LogP contribution in [0.5, 0.6) is 11.5 Å². The first-order valence-electron chi connectivity index (χ1n) is 6.74. The van der Waals surface area contributed by atoms with E-state index in [-0.39, 0.29) is 0 Å². The van der Waals surface area contributed by atoms with E-state index >= 15 is 0 Å². The molecule has 0 spiro atoms. The van der Waals surface area contributed by atoms with Gasteiger partial charge in [-0.2, -0.15) is 0 Å². The molecule has 0 amide bonds. The molecule has 1 aromatic heterocycles. The Morgan fingerprint density at radius 3 is 2.84 bits per heavy atom. The van der Waals surface area contributed by atoms with E-state index in [2.05, 4.69) is 14.8 Å². The quantitative estimate of drug-likeness (QED) is 0.784. The molecule has 5 heteroatoms. The third-order valence-electron chi connectivity index (χ3n) is 3.66. The van der Waals surface area contributed by atoms with Crippen molar-refractivity contribution in [2.45, 2.75) is 25.8 Å². The van der Waals surface area contributed by atoms with Crippen molar-refractivity contribution in [1.29, 1.82) is 0 Å². The van der Waals surface area contributed by atoms with E-state index < -0.39 is 0 Å². The van der Waals surface area contributed by atoms with Crippen LogP contribution in [0.4, 0.5) is 0 Å². The largest absolute Gasteiger partial charge is 0.486 e. The van der Waals surface area contributed by atoms with Crippen LogP contribution in [-0.4, -0.2) is 28.0 Å². The van der Waals surface area contributed by atoms with Gasteiger partial charge in [0, 0.05) is 18.5 Å².